The largest absolute Gasteiger partial charge is 0.315 e. The first-order valence-electron chi connectivity index (χ1n) is 6.57. The molecule has 3 N–H and O–H groups in total. The number of nitrogens with two attached hydrogens (primary N) is 1. The minimum Gasteiger partial charge on any atom is -0.315 e. The average molecular weight is 347 g/mol. The Morgan fingerprint density at radius 1 is 1.17 bits per heavy atom. The number of thiazole rings is 1. The van der Waals surface area contributed by atoms with Crippen molar-refractivity contribution in [2.45, 2.75) is 11.8 Å². The zero-order valence-corrected chi connectivity index (χ0v) is 13.7. The molecule has 2 aromatic heterocycles. The number of nitrogens with one attached hydrogen (secondary N) is 1. The van der Waals surface area contributed by atoms with Crippen LogP contribution in [0.5, 0.6) is 0 Å². The van der Waals surface area contributed by atoms with Crippen molar-refractivity contribution in [1.82, 2.24) is 15.0 Å². The van der Waals surface area contributed by atoms with Crippen LogP contribution in [0.15, 0.2) is 47.8 Å². The van der Waals surface area contributed by atoms with E-state index < -0.39 is 10.0 Å². The molecule has 9 heteroatoms. The second-order valence-corrected chi connectivity index (χ2v) is 7.28. The van der Waals surface area contributed by atoms with Gasteiger partial charge >= 0.3 is 0 Å². The molecule has 0 bridgehead atoms. The fraction of sp³-hybridized carbons (Fsp3) is 0.0714. The molecule has 0 radical (unpaired) electrons. The molecule has 1 aromatic carbocycles. The molecule has 0 fully saturated rings. The smallest absolute Gasteiger partial charge is 0.238 e. The van der Waals surface area contributed by atoms with Gasteiger partial charge in [0.05, 0.1) is 21.7 Å². The van der Waals surface area contributed by atoms with Gasteiger partial charge < -0.3 is 5.32 Å². The van der Waals surface area contributed by atoms with E-state index >= 15 is 0 Å². The fourth-order valence-electron chi connectivity index (χ4n) is 1.99. The monoisotopic (exact) mass is 347 g/mol. The Morgan fingerprint density at radius 3 is 2.52 bits per heavy atom. The van der Waals surface area contributed by atoms with Crippen molar-refractivity contribution in [3.8, 4) is 10.4 Å². The van der Waals surface area contributed by atoms with Crippen molar-refractivity contribution in [3.05, 3.63) is 48.5 Å². The van der Waals surface area contributed by atoms with Gasteiger partial charge in [-0.05, 0) is 24.6 Å². The molecule has 0 aliphatic carbocycles. The van der Waals surface area contributed by atoms with Crippen LogP contribution in [0.25, 0.3) is 10.4 Å². The summed E-state index contributed by atoms with van der Waals surface area (Å²) in [6.07, 6.45) is 4.80. The zero-order chi connectivity index (χ0) is 16.4. The molecule has 7 nitrogen and oxygen atoms in total. The third-order valence-corrected chi connectivity index (χ3v) is 5.09. The summed E-state index contributed by atoms with van der Waals surface area (Å²) in [7, 11) is -3.69. The summed E-state index contributed by atoms with van der Waals surface area (Å²) < 4.78 is 22.6. The van der Waals surface area contributed by atoms with Crippen LogP contribution in [0.1, 0.15) is 5.69 Å². The van der Waals surface area contributed by atoms with E-state index in [9.17, 15) is 8.42 Å². The van der Waals surface area contributed by atoms with E-state index in [1.54, 1.807) is 30.7 Å². The Balaban J connectivity index is 1.89. The molecule has 0 spiro atoms. The second kappa shape index (κ2) is 6.03. The number of hydrogen-bond acceptors (Lipinski definition) is 7. The maximum atomic E-state index is 11.3. The van der Waals surface area contributed by atoms with Gasteiger partial charge in [0.25, 0.3) is 0 Å². The summed E-state index contributed by atoms with van der Waals surface area (Å²) in [5.41, 5.74) is 1.71. The van der Waals surface area contributed by atoms with Gasteiger partial charge in [-0.3, -0.25) is 4.98 Å². The Bertz CT molecular complexity index is 922. The summed E-state index contributed by atoms with van der Waals surface area (Å²) >= 11 is 1.45. The first-order chi connectivity index (χ1) is 10.9. The van der Waals surface area contributed by atoms with Gasteiger partial charge in [-0.15, -0.1) is 0 Å². The Morgan fingerprint density at radius 2 is 1.91 bits per heavy atom. The van der Waals surface area contributed by atoms with Gasteiger partial charge in [0, 0.05) is 12.4 Å². The molecular weight excluding hydrogens is 334 g/mol. The topological polar surface area (TPSA) is 111 Å². The predicted octanol–water partition coefficient (Wildman–Crippen LogP) is 2.30. The van der Waals surface area contributed by atoms with Gasteiger partial charge in [0.15, 0.2) is 10.9 Å². The van der Waals surface area contributed by atoms with Crippen molar-refractivity contribution in [2.24, 2.45) is 5.14 Å². The molecule has 3 rings (SSSR count). The van der Waals surface area contributed by atoms with Crippen LogP contribution in [0.4, 0.5) is 10.9 Å². The van der Waals surface area contributed by atoms with E-state index in [-0.39, 0.29) is 4.90 Å². The molecule has 0 aliphatic heterocycles. The SMILES string of the molecule is Cc1nc(Nc2cnccn2)sc1-c1ccc(S(N)(=O)=O)cc1. The van der Waals surface area contributed by atoms with Crippen molar-refractivity contribution in [1.29, 1.82) is 0 Å². The molecule has 0 aliphatic rings. The molecule has 0 unspecified atom stereocenters. The van der Waals surface area contributed by atoms with Crippen LogP contribution in [0.2, 0.25) is 0 Å². The van der Waals surface area contributed by atoms with Gasteiger partial charge in [-0.25, -0.2) is 23.5 Å². The zero-order valence-electron chi connectivity index (χ0n) is 12.1. The lowest BCUT2D eigenvalue weighted by Gasteiger charge is -2.01. The Labute approximate surface area is 137 Å². The lowest BCUT2D eigenvalue weighted by Crippen LogP contribution is -2.11. The summed E-state index contributed by atoms with van der Waals surface area (Å²) in [5, 5.41) is 8.88. The highest BCUT2D eigenvalue weighted by molar-refractivity contribution is 7.89. The number of nitrogens with zero attached hydrogens (tertiary/aromatic N) is 3. The van der Waals surface area contributed by atoms with Gasteiger partial charge in [-0.2, -0.15) is 0 Å². The molecule has 0 amide bonds. The maximum Gasteiger partial charge on any atom is 0.238 e. The first kappa shape index (κ1) is 15.5. The number of aromatic nitrogens is 3. The number of hydrogen-bond donors (Lipinski definition) is 2. The molecule has 0 saturated heterocycles. The number of sulfonamides is 1. The van der Waals surface area contributed by atoms with Gasteiger partial charge in [-0.1, -0.05) is 23.5 Å². The van der Waals surface area contributed by atoms with E-state index in [1.807, 2.05) is 6.92 Å². The van der Waals surface area contributed by atoms with Crippen molar-refractivity contribution < 1.29 is 8.42 Å². The quantitative estimate of drug-likeness (QED) is 0.749. The van der Waals surface area contributed by atoms with Crippen molar-refractivity contribution in [3.63, 3.8) is 0 Å². The predicted molar refractivity (Wildman–Crippen MR) is 89.0 cm³/mol. The van der Waals surface area contributed by atoms with Crippen LogP contribution >= 0.6 is 11.3 Å². The minimum absolute atomic E-state index is 0.0846. The van der Waals surface area contributed by atoms with E-state index in [2.05, 4.69) is 20.3 Å². The number of primary sulfonamides is 1. The highest BCUT2D eigenvalue weighted by atomic mass is 32.2. The van der Waals surface area contributed by atoms with Gasteiger partial charge in [0.1, 0.15) is 0 Å². The maximum absolute atomic E-state index is 11.3. The summed E-state index contributed by atoms with van der Waals surface area (Å²) in [4.78, 5) is 13.6. The number of benzene rings is 1. The number of anilines is 2. The van der Waals surface area contributed by atoms with Crippen LogP contribution in [-0.4, -0.2) is 23.4 Å². The normalized spacial score (nSPS) is 11.4. The third kappa shape index (κ3) is 3.52. The number of aryl methyl sites for hydroxylation is 1. The van der Waals surface area contributed by atoms with Crippen molar-refractivity contribution >= 4 is 32.3 Å². The molecule has 3 aromatic rings. The van der Waals surface area contributed by atoms with Crippen molar-refractivity contribution in [2.75, 3.05) is 5.32 Å². The second-order valence-electron chi connectivity index (χ2n) is 4.72. The fourth-order valence-corrected chi connectivity index (χ4v) is 3.48. The lowest BCUT2D eigenvalue weighted by atomic mass is 10.2. The van der Waals surface area contributed by atoms with Crippen LogP contribution in [0.3, 0.4) is 0 Å². The number of rotatable bonds is 4. The molecule has 2 heterocycles. The Hall–Kier alpha value is -2.36. The molecule has 23 heavy (non-hydrogen) atoms. The first-order valence-corrected chi connectivity index (χ1v) is 8.93. The van der Waals surface area contributed by atoms with Crippen LogP contribution in [0, 0.1) is 6.92 Å². The van der Waals surface area contributed by atoms with E-state index in [4.69, 9.17) is 5.14 Å². The lowest BCUT2D eigenvalue weighted by molar-refractivity contribution is 0.598. The third-order valence-electron chi connectivity index (χ3n) is 3.04. The van der Waals surface area contributed by atoms with Crippen LogP contribution in [-0.2, 0) is 10.0 Å². The molecular formula is C14H13N5O2S2. The molecule has 0 atom stereocenters. The molecule has 118 valence electrons. The summed E-state index contributed by atoms with van der Waals surface area (Å²) in [6, 6.07) is 6.40. The average Bonchev–Trinajstić information content (AvgIpc) is 2.88. The standard InChI is InChI=1S/C14H13N5O2S2/c1-9-13(10-2-4-11(5-3-10)23(15,20)21)22-14(18-9)19-12-8-16-6-7-17-12/h2-8H,1H3,(H2,15,20,21)(H,17,18,19). The highest BCUT2D eigenvalue weighted by Crippen LogP contribution is 2.34. The van der Waals surface area contributed by atoms with E-state index in [1.165, 1.54) is 23.5 Å². The van der Waals surface area contributed by atoms with E-state index in [0.29, 0.717) is 10.9 Å². The van der Waals surface area contributed by atoms with E-state index in [0.717, 1.165) is 16.1 Å². The summed E-state index contributed by atoms with van der Waals surface area (Å²) in [6.45, 7) is 1.89. The van der Waals surface area contributed by atoms with Gasteiger partial charge in [0.2, 0.25) is 10.0 Å². The highest BCUT2D eigenvalue weighted by Gasteiger charge is 2.12. The van der Waals surface area contributed by atoms with Crippen LogP contribution < -0.4 is 10.5 Å². The minimum atomic E-state index is -3.69. The summed E-state index contributed by atoms with van der Waals surface area (Å²) in [5.74, 6) is 0.609. The Kier molecular flexibility index (Phi) is 4.07. The molecule has 0 saturated carbocycles.